The Morgan fingerprint density at radius 2 is 2.13 bits per heavy atom. The Balaban J connectivity index is 2.29. The van der Waals surface area contributed by atoms with Crippen LogP contribution in [0.2, 0.25) is 0 Å². The van der Waals surface area contributed by atoms with Gasteiger partial charge in [0.2, 0.25) is 5.91 Å². The molecule has 1 aliphatic rings. The fraction of sp³-hybridized carbons (Fsp3) is 0.778. The maximum Gasteiger partial charge on any atom is 0.329 e. The smallest absolute Gasteiger partial charge is 0.329 e. The minimum Gasteiger partial charge on any atom is -0.480 e. The molecule has 0 aliphatic carbocycles. The molecule has 2 N–H and O–H groups in total. The average Bonchev–Trinajstić information content (AvgIpc) is 2.64. The summed E-state index contributed by atoms with van der Waals surface area (Å²) < 4.78 is 4.69. The van der Waals surface area contributed by atoms with E-state index in [1.54, 1.807) is 4.90 Å². The summed E-state index contributed by atoms with van der Waals surface area (Å²) in [4.78, 5) is 23.2. The van der Waals surface area contributed by atoms with E-state index < -0.39 is 12.6 Å². The molecule has 1 heterocycles. The Bertz CT molecular complexity index is 243. The Labute approximate surface area is 87.4 Å². The molecule has 0 bridgehead atoms. The summed E-state index contributed by atoms with van der Waals surface area (Å²) in [5.74, 6) is -1.35. The summed E-state index contributed by atoms with van der Waals surface area (Å²) in [6.07, 6.45) is 1.66. The zero-order valence-corrected chi connectivity index (χ0v) is 8.39. The van der Waals surface area contributed by atoms with Gasteiger partial charge in [0.1, 0.15) is 13.2 Å². The quantitative estimate of drug-likeness (QED) is 0.621. The number of hydrogen-bond donors (Lipinski definition) is 2. The fourth-order valence-corrected chi connectivity index (χ4v) is 1.66. The molecule has 1 fully saturated rings. The van der Waals surface area contributed by atoms with Crippen LogP contribution in [0, 0.1) is 0 Å². The maximum absolute atomic E-state index is 11.5. The fourth-order valence-electron chi connectivity index (χ4n) is 1.66. The molecular weight excluding hydrogens is 202 g/mol. The van der Waals surface area contributed by atoms with Gasteiger partial charge in [-0.3, -0.25) is 4.79 Å². The molecule has 1 atom stereocenters. The molecular formula is C9H15NO5. The number of nitrogens with zero attached hydrogens (tertiary/aromatic N) is 1. The summed E-state index contributed by atoms with van der Waals surface area (Å²) >= 11 is 0. The largest absolute Gasteiger partial charge is 0.480 e. The maximum atomic E-state index is 11.5. The van der Waals surface area contributed by atoms with Crippen LogP contribution in [0.4, 0.5) is 0 Å². The molecule has 1 amide bonds. The second-order valence-electron chi connectivity index (χ2n) is 3.45. The third-order valence-corrected chi connectivity index (χ3v) is 2.36. The molecule has 1 saturated heterocycles. The lowest BCUT2D eigenvalue weighted by molar-refractivity contribution is -0.146. The van der Waals surface area contributed by atoms with Gasteiger partial charge in [0, 0.05) is 6.54 Å². The van der Waals surface area contributed by atoms with Gasteiger partial charge in [-0.25, -0.2) is 4.79 Å². The molecule has 1 aliphatic heterocycles. The lowest BCUT2D eigenvalue weighted by Gasteiger charge is -2.22. The molecule has 0 aromatic rings. The van der Waals surface area contributed by atoms with E-state index in [4.69, 9.17) is 10.2 Å². The van der Waals surface area contributed by atoms with Gasteiger partial charge in [0.25, 0.3) is 0 Å². The van der Waals surface area contributed by atoms with Gasteiger partial charge < -0.3 is 19.8 Å². The van der Waals surface area contributed by atoms with Crippen LogP contribution >= 0.6 is 0 Å². The number of ether oxygens (including phenoxy) is 1. The van der Waals surface area contributed by atoms with Crippen molar-refractivity contribution < 1.29 is 24.5 Å². The molecule has 1 rings (SSSR count). The predicted molar refractivity (Wildman–Crippen MR) is 50.3 cm³/mol. The van der Waals surface area contributed by atoms with E-state index in [1.807, 2.05) is 0 Å². The Morgan fingerprint density at radius 1 is 1.40 bits per heavy atom. The third kappa shape index (κ3) is 3.49. The van der Waals surface area contributed by atoms with Crippen LogP contribution < -0.4 is 0 Å². The Hall–Kier alpha value is -1.14. The summed E-state index contributed by atoms with van der Waals surface area (Å²) in [5.41, 5.74) is 0. The SMILES string of the molecule is O=C(O)COCC(=O)N1CCCC1CO. The summed E-state index contributed by atoms with van der Waals surface area (Å²) in [7, 11) is 0. The monoisotopic (exact) mass is 217 g/mol. The van der Waals surface area contributed by atoms with Gasteiger partial charge in [-0.05, 0) is 12.8 Å². The average molecular weight is 217 g/mol. The normalized spacial score (nSPS) is 20.6. The highest BCUT2D eigenvalue weighted by molar-refractivity contribution is 5.78. The predicted octanol–water partition coefficient (Wildman–Crippen LogP) is -0.929. The molecule has 0 radical (unpaired) electrons. The number of hydrogen-bond acceptors (Lipinski definition) is 4. The van der Waals surface area contributed by atoms with Crippen molar-refractivity contribution in [2.75, 3.05) is 26.4 Å². The van der Waals surface area contributed by atoms with Gasteiger partial charge in [-0.15, -0.1) is 0 Å². The van der Waals surface area contributed by atoms with Crippen LogP contribution in [0.5, 0.6) is 0 Å². The van der Waals surface area contributed by atoms with Crippen molar-refractivity contribution in [2.24, 2.45) is 0 Å². The van der Waals surface area contributed by atoms with E-state index in [0.29, 0.717) is 6.54 Å². The number of carboxylic acids is 1. The highest BCUT2D eigenvalue weighted by Gasteiger charge is 2.27. The minimum atomic E-state index is -1.09. The number of aliphatic hydroxyl groups excluding tert-OH is 1. The van der Waals surface area contributed by atoms with Crippen molar-refractivity contribution in [3.05, 3.63) is 0 Å². The van der Waals surface area contributed by atoms with Gasteiger partial charge in [-0.2, -0.15) is 0 Å². The molecule has 0 saturated carbocycles. The molecule has 6 heteroatoms. The zero-order valence-electron chi connectivity index (χ0n) is 8.39. The molecule has 6 nitrogen and oxygen atoms in total. The van der Waals surface area contributed by atoms with Gasteiger partial charge >= 0.3 is 5.97 Å². The molecule has 0 spiro atoms. The number of aliphatic carboxylic acids is 1. The standard InChI is InChI=1S/C9H15NO5/c11-4-7-2-1-3-10(7)8(12)5-15-6-9(13)14/h7,11H,1-6H2,(H,13,14). The van der Waals surface area contributed by atoms with E-state index in [9.17, 15) is 9.59 Å². The van der Waals surface area contributed by atoms with E-state index in [-0.39, 0.29) is 25.2 Å². The molecule has 0 aromatic carbocycles. The van der Waals surface area contributed by atoms with Crippen molar-refractivity contribution in [1.82, 2.24) is 4.90 Å². The van der Waals surface area contributed by atoms with Crippen molar-refractivity contribution >= 4 is 11.9 Å². The van der Waals surface area contributed by atoms with Gasteiger partial charge in [0.05, 0.1) is 12.6 Å². The summed E-state index contributed by atoms with van der Waals surface area (Å²) in [6.45, 7) is -0.142. The van der Waals surface area contributed by atoms with Crippen molar-refractivity contribution in [2.45, 2.75) is 18.9 Å². The number of likely N-dealkylation sites (tertiary alicyclic amines) is 1. The lowest BCUT2D eigenvalue weighted by Crippen LogP contribution is -2.40. The molecule has 86 valence electrons. The van der Waals surface area contributed by atoms with Crippen LogP contribution in [0.1, 0.15) is 12.8 Å². The van der Waals surface area contributed by atoms with Crippen LogP contribution in [0.15, 0.2) is 0 Å². The Kier molecular flexibility index (Phi) is 4.51. The molecule has 0 aromatic heterocycles. The van der Waals surface area contributed by atoms with E-state index in [1.165, 1.54) is 0 Å². The third-order valence-electron chi connectivity index (χ3n) is 2.36. The highest BCUT2D eigenvalue weighted by Crippen LogP contribution is 2.16. The van der Waals surface area contributed by atoms with Crippen molar-refractivity contribution in [3.8, 4) is 0 Å². The van der Waals surface area contributed by atoms with Gasteiger partial charge in [0.15, 0.2) is 0 Å². The number of carboxylic acid groups (broad SMARTS) is 1. The first-order chi connectivity index (χ1) is 7.15. The van der Waals surface area contributed by atoms with E-state index in [0.717, 1.165) is 12.8 Å². The highest BCUT2D eigenvalue weighted by atomic mass is 16.5. The molecule has 1 unspecified atom stereocenters. The minimum absolute atomic E-state index is 0.0509. The van der Waals surface area contributed by atoms with Gasteiger partial charge in [-0.1, -0.05) is 0 Å². The van der Waals surface area contributed by atoms with E-state index in [2.05, 4.69) is 4.74 Å². The van der Waals surface area contributed by atoms with Crippen LogP contribution in [-0.4, -0.2) is 59.4 Å². The number of amides is 1. The summed E-state index contributed by atoms with van der Waals surface area (Å²) in [6, 6.07) is -0.133. The van der Waals surface area contributed by atoms with Crippen molar-refractivity contribution in [1.29, 1.82) is 0 Å². The topological polar surface area (TPSA) is 87.1 Å². The van der Waals surface area contributed by atoms with E-state index >= 15 is 0 Å². The zero-order chi connectivity index (χ0) is 11.3. The van der Waals surface area contributed by atoms with Crippen LogP contribution in [0.25, 0.3) is 0 Å². The first-order valence-electron chi connectivity index (χ1n) is 4.85. The second-order valence-corrected chi connectivity index (χ2v) is 3.45. The lowest BCUT2D eigenvalue weighted by atomic mass is 10.2. The van der Waals surface area contributed by atoms with Crippen LogP contribution in [0.3, 0.4) is 0 Å². The second kappa shape index (κ2) is 5.67. The number of aliphatic hydroxyl groups is 1. The number of rotatable bonds is 5. The first kappa shape index (κ1) is 11.9. The van der Waals surface area contributed by atoms with Crippen molar-refractivity contribution in [3.63, 3.8) is 0 Å². The number of carbonyl (C=O) groups excluding carboxylic acids is 1. The first-order valence-corrected chi connectivity index (χ1v) is 4.85. The van der Waals surface area contributed by atoms with Crippen LogP contribution in [-0.2, 0) is 14.3 Å². The molecule has 15 heavy (non-hydrogen) atoms. The Morgan fingerprint density at radius 3 is 2.73 bits per heavy atom. The number of carbonyl (C=O) groups is 2. The summed E-state index contributed by atoms with van der Waals surface area (Å²) in [5, 5.41) is 17.3.